The summed E-state index contributed by atoms with van der Waals surface area (Å²) < 4.78 is 1.68. The number of nitrogens with zero attached hydrogens (tertiary/aromatic N) is 3. The van der Waals surface area contributed by atoms with Gasteiger partial charge in [0, 0.05) is 17.8 Å². The van der Waals surface area contributed by atoms with Crippen LogP contribution in [0.5, 0.6) is 0 Å². The number of rotatable bonds is 3. The Hall–Kier alpha value is -2.11. The van der Waals surface area contributed by atoms with Gasteiger partial charge in [0.25, 0.3) is 5.91 Å². The molecule has 0 saturated carbocycles. The zero-order chi connectivity index (χ0) is 13.3. The molecule has 0 aliphatic rings. The van der Waals surface area contributed by atoms with Crippen molar-refractivity contribution in [3.05, 3.63) is 28.7 Å². The van der Waals surface area contributed by atoms with Crippen molar-refractivity contribution in [2.24, 2.45) is 0 Å². The van der Waals surface area contributed by atoms with Crippen LogP contribution in [0.4, 0.5) is 5.82 Å². The number of H-pyrrole nitrogens is 1. The van der Waals surface area contributed by atoms with E-state index in [4.69, 9.17) is 0 Å². The number of hydrogen-bond donors (Lipinski definition) is 2. The Morgan fingerprint density at radius 1 is 1.44 bits per heavy atom. The molecular weight excluding hydrogens is 230 g/mol. The van der Waals surface area contributed by atoms with Gasteiger partial charge in [-0.3, -0.25) is 14.6 Å². The van der Waals surface area contributed by atoms with Crippen LogP contribution in [-0.4, -0.2) is 25.9 Å². The molecule has 2 aromatic rings. The summed E-state index contributed by atoms with van der Waals surface area (Å²) in [5.41, 5.74) is 3.28. The zero-order valence-electron chi connectivity index (χ0n) is 11.0. The van der Waals surface area contributed by atoms with Crippen molar-refractivity contribution in [1.29, 1.82) is 0 Å². The van der Waals surface area contributed by atoms with Crippen LogP contribution in [0.25, 0.3) is 0 Å². The molecule has 0 bridgehead atoms. The Balaban J connectivity index is 2.24. The molecule has 0 aromatic carbocycles. The number of aromatic amines is 1. The van der Waals surface area contributed by atoms with E-state index in [1.54, 1.807) is 10.7 Å². The first-order chi connectivity index (χ1) is 8.52. The quantitative estimate of drug-likeness (QED) is 0.868. The summed E-state index contributed by atoms with van der Waals surface area (Å²) in [5.74, 6) is 0.381. The molecule has 2 rings (SSSR count). The molecule has 1 amide bonds. The standard InChI is InChI=1S/C12H17N5O/c1-5-17-10(6-7(2)16-17)12(18)13-11-8(3)9(4)14-15-11/h6H,5H2,1-4H3,(H2,13,14,15,18). The molecule has 0 spiro atoms. The lowest BCUT2D eigenvalue weighted by atomic mass is 10.2. The average Bonchev–Trinajstić information content (AvgIpc) is 2.86. The van der Waals surface area contributed by atoms with Gasteiger partial charge in [-0.05, 0) is 33.8 Å². The van der Waals surface area contributed by atoms with E-state index in [2.05, 4.69) is 20.6 Å². The van der Waals surface area contributed by atoms with Crippen LogP contribution in [0, 0.1) is 20.8 Å². The zero-order valence-corrected chi connectivity index (χ0v) is 11.0. The highest BCUT2D eigenvalue weighted by Gasteiger charge is 2.15. The minimum Gasteiger partial charge on any atom is -0.304 e. The van der Waals surface area contributed by atoms with E-state index in [-0.39, 0.29) is 5.91 Å². The fourth-order valence-corrected chi connectivity index (χ4v) is 1.75. The maximum Gasteiger partial charge on any atom is 0.275 e. The largest absolute Gasteiger partial charge is 0.304 e. The van der Waals surface area contributed by atoms with Gasteiger partial charge in [0.1, 0.15) is 5.69 Å². The van der Waals surface area contributed by atoms with E-state index < -0.39 is 0 Å². The Morgan fingerprint density at radius 3 is 2.72 bits per heavy atom. The van der Waals surface area contributed by atoms with Gasteiger partial charge in [0.2, 0.25) is 0 Å². The van der Waals surface area contributed by atoms with Crippen LogP contribution in [0.1, 0.15) is 34.4 Å². The molecule has 2 heterocycles. The number of hydrogen-bond acceptors (Lipinski definition) is 3. The topological polar surface area (TPSA) is 75.6 Å². The van der Waals surface area contributed by atoms with Gasteiger partial charge >= 0.3 is 0 Å². The number of aromatic nitrogens is 4. The Morgan fingerprint density at radius 2 is 2.17 bits per heavy atom. The molecule has 0 unspecified atom stereocenters. The Bertz CT molecular complexity index is 581. The van der Waals surface area contributed by atoms with Crippen LogP contribution in [0.2, 0.25) is 0 Å². The summed E-state index contributed by atoms with van der Waals surface area (Å²) in [6.07, 6.45) is 0. The Kier molecular flexibility index (Phi) is 3.18. The first-order valence-corrected chi connectivity index (χ1v) is 5.90. The van der Waals surface area contributed by atoms with Crippen molar-refractivity contribution in [2.45, 2.75) is 34.2 Å². The first-order valence-electron chi connectivity index (χ1n) is 5.90. The minimum absolute atomic E-state index is 0.188. The molecule has 96 valence electrons. The molecule has 2 aromatic heterocycles. The van der Waals surface area contributed by atoms with E-state index in [9.17, 15) is 4.79 Å². The summed E-state index contributed by atoms with van der Waals surface area (Å²) in [6.45, 7) is 8.31. The summed E-state index contributed by atoms with van der Waals surface area (Å²) in [7, 11) is 0. The SMILES string of the molecule is CCn1nc(C)cc1C(=O)Nc1n[nH]c(C)c1C. The molecule has 6 heteroatoms. The van der Waals surface area contributed by atoms with Crippen molar-refractivity contribution in [1.82, 2.24) is 20.0 Å². The van der Waals surface area contributed by atoms with Crippen LogP contribution in [-0.2, 0) is 6.54 Å². The predicted octanol–water partition coefficient (Wildman–Crippen LogP) is 1.80. The highest BCUT2D eigenvalue weighted by molar-refractivity contribution is 6.03. The summed E-state index contributed by atoms with van der Waals surface area (Å²) in [4.78, 5) is 12.1. The van der Waals surface area contributed by atoms with E-state index in [1.165, 1.54) is 0 Å². The van der Waals surface area contributed by atoms with Gasteiger partial charge in [-0.2, -0.15) is 10.2 Å². The van der Waals surface area contributed by atoms with E-state index in [0.717, 1.165) is 17.0 Å². The molecule has 0 fully saturated rings. The van der Waals surface area contributed by atoms with Crippen LogP contribution in [0.3, 0.4) is 0 Å². The maximum atomic E-state index is 12.1. The van der Waals surface area contributed by atoms with Crippen LogP contribution in [0.15, 0.2) is 6.07 Å². The first kappa shape index (κ1) is 12.3. The van der Waals surface area contributed by atoms with Crippen molar-refractivity contribution >= 4 is 11.7 Å². The van der Waals surface area contributed by atoms with Crippen molar-refractivity contribution < 1.29 is 4.79 Å². The number of anilines is 1. The third-order valence-corrected chi connectivity index (χ3v) is 2.92. The lowest BCUT2D eigenvalue weighted by Gasteiger charge is -2.05. The van der Waals surface area contributed by atoms with Gasteiger partial charge in [-0.1, -0.05) is 0 Å². The molecular formula is C12H17N5O. The summed E-state index contributed by atoms with van der Waals surface area (Å²) >= 11 is 0. The summed E-state index contributed by atoms with van der Waals surface area (Å²) in [5, 5.41) is 13.9. The highest BCUT2D eigenvalue weighted by Crippen LogP contribution is 2.15. The molecule has 6 nitrogen and oxygen atoms in total. The molecule has 0 radical (unpaired) electrons. The van der Waals surface area contributed by atoms with Gasteiger partial charge < -0.3 is 5.32 Å². The second kappa shape index (κ2) is 4.64. The minimum atomic E-state index is -0.188. The highest BCUT2D eigenvalue weighted by atomic mass is 16.2. The van der Waals surface area contributed by atoms with Crippen molar-refractivity contribution in [3.8, 4) is 0 Å². The molecule has 18 heavy (non-hydrogen) atoms. The molecule has 0 aliphatic carbocycles. The van der Waals surface area contributed by atoms with Crippen molar-refractivity contribution in [3.63, 3.8) is 0 Å². The fraction of sp³-hybridized carbons (Fsp3) is 0.417. The number of carbonyl (C=O) groups excluding carboxylic acids is 1. The van der Waals surface area contributed by atoms with Gasteiger partial charge in [-0.25, -0.2) is 0 Å². The Labute approximate surface area is 105 Å². The normalized spacial score (nSPS) is 10.7. The molecule has 0 saturated heterocycles. The lowest BCUT2D eigenvalue weighted by Crippen LogP contribution is -2.18. The molecule has 0 aliphatic heterocycles. The second-order valence-corrected chi connectivity index (χ2v) is 4.26. The molecule has 0 atom stereocenters. The maximum absolute atomic E-state index is 12.1. The summed E-state index contributed by atoms with van der Waals surface area (Å²) in [6, 6.07) is 1.77. The predicted molar refractivity (Wildman–Crippen MR) is 68.7 cm³/mol. The fourth-order valence-electron chi connectivity index (χ4n) is 1.75. The van der Waals surface area contributed by atoms with Gasteiger partial charge in [-0.15, -0.1) is 0 Å². The molecule has 2 N–H and O–H groups in total. The van der Waals surface area contributed by atoms with E-state index >= 15 is 0 Å². The average molecular weight is 247 g/mol. The monoisotopic (exact) mass is 247 g/mol. The number of aryl methyl sites for hydroxylation is 3. The van der Waals surface area contributed by atoms with Crippen LogP contribution >= 0.6 is 0 Å². The van der Waals surface area contributed by atoms with Gasteiger partial charge in [0.15, 0.2) is 5.82 Å². The smallest absolute Gasteiger partial charge is 0.275 e. The lowest BCUT2D eigenvalue weighted by molar-refractivity contribution is 0.101. The van der Waals surface area contributed by atoms with E-state index in [0.29, 0.717) is 18.1 Å². The van der Waals surface area contributed by atoms with E-state index in [1.807, 2.05) is 27.7 Å². The van der Waals surface area contributed by atoms with Crippen LogP contribution < -0.4 is 5.32 Å². The number of carbonyl (C=O) groups is 1. The third kappa shape index (κ3) is 2.13. The van der Waals surface area contributed by atoms with Gasteiger partial charge in [0.05, 0.1) is 5.69 Å². The van der Waals surface area contributed by atoms with Crippen molar-refractivity contribution in [2.75, 3.05) is 5.32 Å². The number of nitrogens with one attached hydrogen (secondary N) is 2. The third-order valence-electron chi connectivity index (χ3n) is 2.92. The second-order valence-electron chi connectivity index (χ2n) is 4.26. The number of amides is 1.